The molecule has 152 valence electrons. The maximum Gasteiger partial charge on any atom is 0.191 e. The first-order valence-electron chi connectivity index (χ1n) is 10.1. The van der Waals surface area contributed by atoms with E-state index < -0.39 is 9.84 Å². The van der Waals surface area contributed by atoms with Crippen molar-refractivity contribution < 1.29 is 8.42 Å². The van der Waals surface area contributed by atoms with Crippen molar-refractivity contribution in [2.75, 3.05) is 25.9 Å². The molecule has 2 N–H and O–H groups in total. The van der Waals surface area contributed by atoms with E-state index in [9.17, 15) is 8.42 Å². The summed E-state index contributed by atoms with van der Waals surface area (Å²) in [4.78, 5) is 5.22. The molecule has 1 aliphatic carbocycles. The number of hydrogen-bond acceptors (Lipinski definition) is 3. The largest absolute Gasteiger partial charge is 0.357 e. The van der Waals surface area contributed by atoms with E-state index in [1.54, 1.807) is 12.1 Å². The summed E-state index contributed by atoms with van der Waals surface area (Å²) < 4.78 is 23.1. The lowest BCUT2D eigenvalue weighted by molar-refractivity contribution is 0.111. The summed E-state index contributed by atoms with van der Waals surface area (Å²) in [7, 11) is -3.13. The summed E-state index contributed by atoms with van der Waals surface area (Å²) in [6.07, 6.45) is 7.22. The molecule has 1 aliphatic rings. The maximum absolute atomic E-state index is 11.5. The van der Waals surface area contributed by atoms with Crippen LogP contribution in [0.5, 0.6) is 0 Å². The number of rotatable bonds is 9. The number of nitrogens with one attached hydrogen (secondary N) is 2. The number of hydrogen-bond donors (Lipinski definition) is 2. The van der Waals surface area contributed by atoms with Gasteiger partial charge in [0.15, 0.2) is 15.8 Å². The van der Waals surface area contributed by atoms with Crippen molar-refractivity contribution in [1.29, 1.82) is 0 Å². The molecule has 0 amide bonds. The van der Waals surface area contributed by atoms with Crippen LogP contribution in [0.25, 0.3) is 0 Å². The molecule has 0 bridgehead atoms. The highest BCUT2D eigenvalue weighted by Crippen LogP contribution is 2.46. The highest BCUT2D eigenvalue weighted by atomic mass is 32.2. The molecular weight excluding hydrogens is 358 g/mol. The van der Waals surface area contributed by atoms with Crippen LogP contribution in [0.15, 0.2) is 34.2 Å². The predicted molar refractivity (Wildman–Crippen MR) is 113 cm³/mol. The Bertz CT molecular complexity index is 720. The van der Waals surface area contributed by atoms with Gasteiger partial charge in [-0.2, -0.15) is 0 Å². The zero-order chi connectivity index (χ0) is 19.9. The van der Waals surface area contributed by atoms with Crippen LogP contribution in [0.3, 0.4) is 0 Å². The van der Waals surface area contributed by atoms with Crippen LogP contribution >= 0.6 is 0 Å². The summed E-state index contributed by atoms with van der Waals surface area (Å²) in [6.45, 7) is 9.16. The third-order valence-electron chi connectivity index (χ3n) is 5.23. The predicted octanol–water partition coefficient (Wildman–Crippen LogP) is 3.40. The third kappa shape index (κ3) is 6.83. The maximum atomic E-state index is 11.5. The van der Waals surface area contributed by atoms with Crippen LogP contribution in [0.2, 0.25) is 0 Å². The van der Waals surface area contributed by atoms with Gasteiger partial charge >= 0.3 is 0 Å². The fraction of sp³-hybridized carbons (Fsp3) is 0.667. The second-order valence-corrected chi connectivity index (χ2v) is 10.3. The van der Waals surface area contributed by atoms with Crippen LogP contribution in [-0.2, 0) is 16.3 Å². The first-order valence-corrected chi connectivity index (χ1v) is 11.9. The molecule has 5 nitrogen and oxygen atoms in total. The standard InChI is InChI=1S/C21H35N3O2S/c1-5-22-20(24-16-21(12-6-13-21)15-17(2)3)23-14-11-18-7-9-19(10-8-18)27(4,25)26/h7-10,17H,5-6,11-16H2,1-4H3,(H2,22,23,24). The van der Waals surface area contributed by atoms with Crippen molar-refractivity contribution in [2.24, 2.45) is 16.3 Å². The van der Waals surface area contributed by atoms with E-state index in [1.165, 1.54) is 31.9 Å². The van der Waals surface area contributed by atoms with E-state index in [4.69, 9.17) is 4.99 Å². The Morgan fingerprint density at radius 1 is 1.19 bits per heavy atom. The molecular formula is C21H35N3O2S. The van der Waals surface area contributed by atoms with Gasteiger partial charge in [-0.15, -0.1) is 0 Å². The molecule has 0 unspecified atom stereocenters. The highest BCUT2D eigenvalue weighted by molar-refractivity contribution is 7.90. The van der Waals surface area contributed by atoms with Crippen molar-refractivity contribution in [2.45, 2.75) is 57.8 Å². The molecule has 0 aromatic heterocycles. The second kappa shape index (κ2) is 9.58. The minimum atomic E-state index is -3.13. The molecule has 6 heteroatoms. The van der Waals surface area contributed by atoms with E-state index in [0.29, 0.717) is 16.2 Å². The van der Waals surface area contributed by atoms with Gasteiger partial charge in [0, 0.05) is 25.9 Å². The van der Waals surface area contributed by atoms with E-state index >= 15 is 0 Å². The zero-order valence-corrected chi connectivity index (χ0v) is 18.0. The molecule has 0 heterocycles. The Labute approximate surface area is 165 Å². The number of nitrogens with zero attached hydrogens (tertiary/aromatic N) is 1. The summed E-state index contributed by atoms with van der Waals surface area (Å²) in [5.74, 6) is 1.59. The average Bonchev–Trinajstić information content (AvgIpc) is 2.56. The molecule has 27 heavy (non-hydrogen) atoms. The van der Waals surface area contributed by atoms with Crippen molar-refractivity contribution in [1.82, 2.24) is 10.6 Å². The molecule has 1 aromatic rings. The summed E-state index contributed by atoms with van der Waals surface area (Å²) >= 11 is 0. The molecule has 0 radical (unpaired) electrons. The minimum absolute atomic E-state index is 0.366. The second-order valence-electron chi connectivity index (χ2n) is 8.24. The van der Waals surface area contributed by atoms with Crippen LogP contribution in [-0.4, -0.2) is 40.3 Å². The highest BCUT2D eigenvalue weighted by Gasteiger charge is 2.37. The Morgan fingerprint density at radius 3 is 2.33 bits per heavy atom. The first kappa shape index (κ1) is 21.7. The molecule has 0 spiro atoms. The number of benzene rings is 1. The van der Waals surface area contributed by atoms with E-state index in [-0.39, 0.29) is 0 Å². The zero-order valence-electron chi connectivity index (χ0n) is 17.2. The van der Waals surface area contributed by atoms with E-state index in [2.05, 4.69) is 31.4 Å². The third-order valence-corrected chi connectivity index (χ3v) is 6.36. The monoisotopic (exact) mass is 393 g/mol. The van der Waals surface area contributed by atoms with Crippen molar-refractivity contribution in [3.05, 3.63) is 29.8 Å². The average molecular weight is 394 g/mol. The minimum Gasteiger partial charge on any atom is -0.357 e. The number of sulfone groups is 1. The molecule has 1 saturated carbocycles. The van der Waals surface area contributed by atoms with Crippen LogP contribution < -0.4 is 10.6 Å². The van der Waals surface area contributed by atoms with Gasteiger partial charge in [-0.1, -0.05) is 32.4 Å². The molecule has 1 aromatic carbocycles. The number of aliphatic imine (C=N–C) groups is 1. The molecule has 0 atom stereocenters. The van der Waals surface area contributed by atoms with E-state index in [0.717, 1.165) is 37.6 Å². The van der Waals surface area contributed by atoms with Gasteiger partial charge in [0.1, 0.15) is 0 Å². The van der Waals surface area contributed by atoms with Gasteiger partial charge in [-0.3, -0.25) is 4.99 Å². The van der Waals surface area contributed by atoms with Crippen molar-refractivity contribution >= 4 is 15.8 Å². The Balaban J connectivity index is 1.88. The van der Waals surface area contributed by atoms with Gasteiger partial charge in [0.25, 0.3) is 0 Å². The fourth-order valence-corrected chi connectivity index (χ4v) is 4.42. The SMILES string of the molecule is CCNC(=NCC1(CC(C)C)CCC1)NCCc1ccc(S(C)(=O)=O)cc1. The summed E-state index contributed by atoms with van der Waals surface area (Å²) in [6, 6.07) is 7.12. The van der Waals surface area contributed by atoms with Crippen molar-refractivity contribution in [3.63, 3.8) is 0 Å². The molecule has 2 rings (SSSR count). The van der Waals surface area contributed by atoms with Gasteiger partial charge in [-0.25, -0.2) is 8.42 Å². The summed E-state index contributed by atoms with van der Waals surface area (Å²) in [5.41, 5.74) is 1.51. The lowest BCUT2D eigenvalue weighted by Gasteiger charge is -2.42. The summed E-state index contributed by atoms with van der Waals surface area (Å²) in [5, 5.41) is 6.74. The Kier molecular flexibility index (Phi) is 7.71. The molecule has 0 saturated heterocycles. The quantitative estimate of drug-likeness (QED) is 0.498. The van der Waals surface area contributed by atoms with Crippen LogP contribution in [0.4, 0.5) is 0 Å². The topological polar surface area (TPSA) is 70.6 Å². The molecule has 0 aliphatic heterocycles. The lowest BCUT2D eigenvalue weighted by Crippen LogP contribution is -2.41. The smallest absolute Gasteiger partial charge is 0.191 e. The Hall–Kier alpha value is -1.56. The Morgan fingerprint density at radius 2 is 1.85 bits per heavy atom. The lowest BCUT2D eigenvalue weighted by atomic mass is 9.64. The van der Waals surface area contributed by atoms with Gasteiger partial charge < -0.3 is 10.6 Å². The van der Waals surface area contributed by atoms with Gasteiger partial charge in [0.05, 0.1) is 4.90 Å². The van der Waals surface area contributed by atoms with Crippen LogP contribution in [0, 0.1) is 11.3 Å². The van der Waals surface area contributed by atoms with Gasteiger partial charge in [0.2, 0.25) is 0 Å². The van der Waals surface area contributed by atoms with E-state index in [1.807, 2.05) is 12.1 Å². The van der Waals surface area contributed by atoms with Crippen molar-refractivity contribution in [3.8, 4) is 0 Å². The fourth-order valence-electron chi connectivity index (χ4n) is 3.79. The first-order chi connectivity index (χ1) is 12.7. The van der Waals surface area contributed by atoms with Gasteiger partial charge in [-0.05, 0) is 61.6 Å². The normalized spacial score (nSPS) is 16.9. The van der Waals surface area contributed by atoms with Crippen LogP contribution in [0.1, 0.15) is 52.0 Å². The molecule has 1 fully saturated rings. The number of guanidine groups is 1.